The molecule has 1 aliphatic heterocycles. The van der Waals surface area contributed by atoms with Crippen LogP contribution in [-0.4, -0.2) is 22.9 Å². The van der Waals surface area contributed by atoms with Gasteiger partial charge in [0.2, 0.25) is 6.04 Å². The van der Waals surface area contributed by atoms with Gasteiger partial charge in [0.15, 0.2) is 11.9 Å². The normalized spacial score (nSPS) is 13.2. The third-order valence-corrected chi connectivity index (χ3v) is 6.88. The summed E-state index contributed by atoms with van der Waals surface area (Å²) in [5.74, 6) is 28.7. The van der Waals surface area contributed by atoms with Crippen LogP contribution in [0, 0.1) is 90.5 Å². The Morgan fingerprint density at radius 1 is 0.857 bits per heavy atom. The standard InChI is InChI=1S/C36H16Cl4N6O3/c1-3-4-5-6-7-8-9-10-11-12-13-14-19-49-45-27-15-17-28(38)31(23-27)41-35-33(43-42-26-16-18-32(47)24(2)20-26)36(48)46(44-35)34-29(39)21-25(37)22-30(34)40/h1,15-18,20-23,33,45,47H,2H3,(H,41,44). The Morgan fingerprint density at radius 3 is 2.12 bits per heavy atom. The first kappa shape index (κ1) is 35.5. The molecule has 49 heavy (non-hydrogen) atoms. The van der Waals surface area contributed by atoms with Crippen LogP contribution in [0.25, 0.3) is 0 Å². The van der Waals surface area contributed by atoms with E-state index in [9.17, 15) is 9.90 Å². The number of hydrogen-bond donors (Lipinski definition) is 3. The van der Waals surface area contributed by atoms with Crippen molar-refractivity contribution in [1.29, 1.82) is 0 Å². The smallest absolute Gasteiger partial charge is 0.280 e. The molecule has 0 bridgehead atoms. The molecule has 3 N–H and O–H groups in total. The topological polar surface area (TPSA) is 111 Å². The Hall–Kier alpha value is -6.32. The average molecular weight is 722 g/mol. The van der Waals surface area contributed by atoms with Crippen LogP contribution in [0.1, 0.15) is 5.56 Å². The minimum Gasteiger partial charge on any atom is -0.508 e. The van der Waals surface area contributed by atoms with E-state index in [1.807, 2.05) is 0 Å². The minimum absolute atomic E-state index is 0.0526. The molecule has 0 aliphatic carbocycles. The summed E-state index contributed by atoms with van der Waals surface area (Å²) < 4.78 is 0. The second kappa shape index (κ2) is 17.6. The molecule has 0 saturated carbocycles. The third kappa shape index (κ3) is 10.1. The summed E-state index contributed by atoms with van der Waals surface area (Å²) in [6, 6.07) is 10.9. The first-order valence-electron chi connectivity index (χ1n) is 13.4. The number of aryl methyl sites for hydroxylation is 1. The predicted octanol–water partition coefficient (Wildman–Crippen LogP) is 7.00. The number of amides is 1. The molecule has 0 aromatic heterocycles. The zero-order chi connectivity index (χ0) is 35.2. The van der Waals surface area contributed by atoms with Crippen molar-refractivity contribution in [3.05, 3.63) is 74.2 Å². The van der Waals surface area contributed by atoms with Crippen molar-refractivity contribution >= 4 is 80.9 Å². The number of phenolic OH excluding ortho intramolecular Hbond substituents is 1. The summed E-state index contributed by atoms with van der Waals surface area (Å²) >= 11 is 25.3. The molecule has 1 unspecified atom stereocenters. The number of nitrogens with one attached hydrogen (secondary N) is 2. The quantitative estimate of drug-likeness (QED) is 0.144. The van der Waals surface area contributed by atoms with Gasteiger partial charge in [-0.3, -0.25) is 10.2 Å². The van der Waals surface area contributed by atoms with Gasteiger partial charge in [0.1, 0.15) is 11.4 Å². The van der Waals surface area contributed by atoms with Crippen molar-refractivity contribution in [3.8, 4) is 89.3 Å². The number of terminal acetylenes is 1. The second-order valence-electron chi connectivity index (χ2n) is 9.08. The summed E-state index contributed by atoms with van der Waals surface area (Å²) in [7, 11) is 0. The number of benzene rings is 3. The lowest BCUT2D eigenvalue weighted by Crippen LogP contribution is -2.36. The van der Waals surface area contributed by atoms with Crippen molar-refractivity contribution in [2.24, 2.45) is 15.2 Å². The predicted molar refractivity (Wildman–Crippen MR) is 192 cm³/mol. The van der Waals surface area contributed by atoms with Gasteiger partial charge in [0.05, 0.1) is 32.1 Å². The number of phenols is 1. The van der Waals surface area contributed by atoms with E-state index in [0.717, 1.165) is 5.01 Å². The highest BCUT2D eigenvalue weighted by Crippen LogP contribution is 2.38. The Balaban J connectivity index is 1.55. The number of aliphatic imine (C=N–C) groups is 1. The van der Waals surface area contributed by atoms with Crippen molar-refractivity contribution < 1.29 is 14.7 Å². The molecule has 1 amide bonds. The summed E-state index contributed by atoms with van der Waals surface area (Å²) in [6.45, 7) is 1.70. The van der Waals surface area contributed by atoms with Crippen molar-refractivity contribution in [3.63, 3.8) is 0 Å². The molecule has 13 heteroatoms. The number of hydrazine groups is 1. The van der Waals surface area contributed by atoms with Crippen LogP contribution in [0.3, 0.4) is 0 Å². The Kier molecular flexibility index (Phi) is 12.7. The maximum Gasteiger partial charge on any atom is 0.280 e. The molecule has 236 valence electrons. The Bertz CT molecular complexity index is 2310. The van der Waals surface area contributed by atoms with Gasteiger partial charge in [-0.15, -0.1) is 6.42 Å². The van der Waals surface area contributed by atoms with E-state index in [1.54, 1.807) is 37.3 Å². The van der Waals surface area contributed by atoms with Gasteiger partial charge in [-0.05, 0) is 96.5 Å². The molecular formula is C36H16Cl4N6O3. The molecule has 0 spiro atoms. The van der Waals surface area contributed by atoms with E-state index in [0.29, 0.717) is 16.9 Å². The number of azo groups is 1. The highest BCUT2D eigenvalue weighted by molar-refractivity contribution is 6.43. The van der Waals surface area contributed by atoms with Gasteiger partial charge in [0, 0.05) is 40.5 Å². The van der Waals surface area contributed by atoms with E-state index >= 15 is 0 Å². The number of halogens is 4. The first-order chi connectivity index (χ1) is 23.7. The van der Waals surface area contributed by atoms with E-state index in [-0.39, 0.29) is 43.1 Å². The molecular weight excluding hydrogens is 706 g/mol. The maximum atomic E-state index is 13.7. The number of nitrogens with zero attached hydrogens (tertiary/aromatic N) is 4. The third-order valence-electron chi connectivity index (χ3n) is 5.77. The van der Waals surface area contributed by atoms with Gasteiger partial charge in [-0.25, -0.2) is 15.5 Å². The number of hydrogen-bond acceptors (Lipinski definition) is 7. The molecule has 1 fully saturated rings. The van der Waals surface area contributed by atoms with Crippen molar-refractivity contribution in [2.45, 2.75) is 13.0 Å². The number of aromatic hydroxyl groups is 1. The van der Waals surface area contributed by atoms with Crippen LogP contribution >= 0.6 is 46.4 Å². The lowest BCUT2D eigenvalue weighted by molar-refractivity contribution is -0.117. The number of carbonyl (C=O) groups excluding carboxylic acids is 1. The van der Waals surface area contributed by atoms with Gasteiger partial charge >= 0.3 is 0 Å². The number of anilines is 2. The molecule has 4 rings (SSSR count). The van der Waals surface area contributed by atoms with Crippen LogP contribution in [0.15, 0.2) is 63.8 Å². The first-order valence-corrected chi connectivity index (χ1v) is 14.9. The van der Waals surface area contributed by atoms with E-state index < -0.39 is 11.9 Å². The molecule has 0 radical (unpaired) electrons. The maximum absolute atomic E-state index is 13.7. The van der Waals surface area contributed by atoms with Gasteiger partial charge in [-0.2, -0.15) is 10.2 Å². The summed E-state index contributed by atoms with van der Waals surface area (Å²) in [4.78, 5) is 23.4. The van der Waals surface area contributed by atoms with Crippen molar-refractivity contribution in [2.75, 3.05) is 10.5 Å². The Labute approximate surface area is 302 Å². The molecule has 1 aliphatic rings. The minimum atomic E-state index is -1.26. The molecule has 1 heterocycles. The number of amidine groups is 1. The van der Waals surface area contributed by atoms with Crippen LogP contribution in [0.2, 0.25) is 20.1 Å². The van der Waals surface area contributed by atoms with E-state index in [4.69, 9.17) is 57.7 Å². The molecule has 9 nitrogen and oxygen atoms in total. The fraction of sp³-hybridized carbons (Fsp3) is 0.0556. The van der Waals surface area contributed by atoms with Crippen LogP contribution < -0.4 is 15.9 Å². The Morgan fingerprint density at radius 2 is 1.49 bits per heavy atom. The summed E-state index contributed by atoms with van der Waals surface area (Å²) in [6.07, 6.45) is 7.33. The number of carbonyl (C=O) groups is 1. The average Bonchev–Trinajstić information content (AvgIpc) is 3.36. The monoisotopic (exact) mass is 720 g/mol. The van der Waals surface area contributed by atoms with E-state index in [2.05, 4.69) is 103 Å². The molecule has 3 aromatic rings. The highest BCUT2D eigenvalue weighted by Gasteiger charge is 2.41. The lowest BCUT2D eigenvalue weighted by atomic mass is 10.2. The fourth-order valence-corrected chi connectivity index (χ4v) is 4.79. The SMILES string of the molecule is C#CC#CC#CC#CC#CC#CC#CONc1ccc(Cl)c(N=C2NN(c3c(Cl)cc(Cl)cc3Cl)C(=O)C2N=Nc2ccc(O)c(C)c2)c1. The summed E-state index contributed by atoms with van der Waals surface area (Å²) in [5, 5.41) is 20.1. The van der Waals surface area contributed by atoms with Crippen molar-refractivity contribution in [1.82, 2.24) is 5.43 Å². The lowest BCUT2D eigenvalue weighted by Gasteiger charge is -2.19. The molecule has 3 aromatic carbocycles. The van der Waals surface area contributed by atoms with Crippen LogP contribution in [0.5, 0.6) is 5.75 Å². The van der Waals surface area contributed by atoms with Gasteiger partial charge in [-0.1, -0.05) is 46.4 Å². The van der Waals surface area contributed by atoms with Gasteiger partial charge in [0.25, 0.3) is 5.91 Å². The second-order valence-corrected chi connectivity index (χ2v) is 10.7. The van der Waals surface area contributed by atoms with Crippen LogP contribution in [0.4, 0.5) is 22.7 Å². The zero-order valence-electron chi connectivity index (χ0n) is 24.8. The largest absolute Gasteiger partial charge is 0.508 e. The highest BCUT2D eigenvalue weighted by atomic mass is 35.5. The fourth-order valence-electron chi connectivity index (χ4n) is 3.65. The number of rotatable bonds is 6. The van der Waals surface area contributed by atoms with Crippen LogP contribution in [-0.2, 0) is 9.63 Å². The van der Waals surface area contributed by atoms with E-state index in [1.165, 1.54) is 18.2 Å². The van der Waals surface area contributed by atoms with Gasteiger partial charge < -0.3 is 9.94 Å². The summed E-state index contributed by atoms with van der Waals surface area (Å²) in [5.41, 5.74) is 7.28. The molecule has 1 atom stereocenters. The molecule has 1 saturated heterocycles. The zero-order valence-corrected chi connectivity index (χ0v) is 27.9.